The standard InChI is InChI=1S/2C6H6S.Fe/c2*7-6-4-2-1-3-5-6;/h2*1-5,7H;/q;;+2/p-2. The van der Waals surface area contributed by atoms with Gasteiger partial charge in [0.1, 0.15) is 0 Å². The van der Waals surface area contributed by atoms with E-state index in [1.165, 1.54) is 0 Å². The summed E-state index contributed by atoms with van der Waals surface area (Å²) in [5.74, 6) is 0. The summed E-state index contributed by atoms with van der Waals surface area (Å²) in [5.41, 5.74) is 0. The zero-order valence-electron chi connectivity index (χ0n) is 7.94. The Labute approximate surface area is 112 Å². The Morgan fingerprint density at radius 1 is 0.533 bits per heavy atom. The normalized spacial score (nSPS) is 8.00. The van der Waals surface area contributed by atoms with Crippen molar-refractivity contribution in [2.24, 2.45) is 0 Å². The first-order valence-corrected chi connectivity index (χ1v) is 5.05. The van der Waals surface area contributed by atoms with Gasteiger partial charge in [-0.2, -0.15) is 9.79 Å². The van der Waals surface area contributed by atoms with Crippen molar-refractivity contribution < 1.29 is 17.1 Å². The molecule has 2 aromatic carbocycles. The molecule has 0 spiro atoms. The Kier molecular flexibility index (Phi) is 8.34. The van der Waals surface area contributed by atoms with Gasteiger partial charge in [-0.15, -0.1) is 0 Å². The third-order valence-corrected chi connectivity index (χ3v) is 2.03. The molecule has 2 aromatic rings. The molecule has 0 saturated carbocycles. The summed E-state index contributed by atoms with van der Waals surface area (Å²) in [6, 6.07) is 19.2. The number of hydrogen-bond donors (Lipinski definition) is 0. The van der Waals surface area contributed by atoms with Crippen molar-refractivity contribution in [2.75, 3.05) is 0 Å². The van der Waals surface area contributed by atoms with Gasteiger partial charge in [-0.1, -0.05) is 60.7 Å². The van der Waals surface area contributed by atoms with Gasteiger partial charge in [-0.3, -0.25) is 0 Å². The quantitative estimate of drug-likeness (QED) is 0.534. The molecule has 0 unspecified atom stereocenters. The molecule has 0 atom stereocenters. The predicted molar refractivity (Wildman–Crippen MR) is 64.1 cm³/mol. The first kappa shape index (κ1) is 14.4. The van der Waals surface area contributed by atoms with Crippen molar-refractivity contribution in [3.05, 3.63) is 60.7 Å². The molecule has 0 saturated heterocycles. The maximum absolute atomic E-state index is 4.81. The van der Waals surface area contributed by atoms with Crippen molar-refractivity contribution in [3.63, 3.8) is 0 Å². The van der Waals surface area contributed by atoms with Gasteiger partial charge in [0.15, 0.2) is 0 Å². The van der Waals surface area contributed by atoms with Gasteiger partial charge in [0, 0.05) is 0 Å². The van der Waals surface area contributed by atoms with Gasteiger partial charge in [-0.25, -0.2) is 0 Å². The second kappa shape index (κ2) is 8.69. The fourth-order valence-corrected chi connectivity index (χ4v) is 1.16. The number of rotatable bonds is 0. The maximum Gasteiger partial charge on any atom is 2.00 e. The van der Waals surface area contributed by atoms with E-state index in [2.05, 4.69) is 0 Å². The van der Waals surface area contributed by atoms with Gasteiger partial charge in [0.25, 0.3) is 0 Å². The minimum absolute atomic E-state index is 0. The molecule has 0 aliphatic heterocycles. The Balaban J connectivity index is 0.000000245. The average Bonchev–Trinajstić information content (AvgIpc) is 2.21. The van der Waals surface area contributed by atoms with E-state index in [0.29, 0.717) is 0 Å². The van der Waals surface area contributed by atoms with Gasteiger partial charge >= 0.3 is 17.1 Å². The maximum atomic E-state index is 4.81. The van der Waals surface area contributed by atoms with Crippen LogP contribution < -0.4 is 0 Å². The molecule has 0 aliphatic carbocycles. The van der Waals surface area contributed by atoms with Crippen LogP contribution in [0.4, 0.5) is 0 Å². The Hall–Kier alpha value is -0.601. The van der Waals surface area contributed by atoms with E-state index in [9.17, 15) is 0 Å². The van der Waals surface area contributed by atoms with Gasteiger partial charge in [0.2, 0.25) is 0 Å². The molecule has 0 nitrogen and oxygen atoms in total. The summed E-state index contributed by atoms with van der Waals surface area (Å²) >= 11 is 9.62. The van der Waals surface area contributed by atoms with Crippen LogP contribution in [0.2, 0.25) is 0 Å². The van der Waals surface area contributed by atoms with Crippen LogP contribution in [0.5, 0.6) is 0 Å². The van der Waals surface area contributed by atoms with E-state index in [0.717, 1.165) is 9.79 Å². The molecule has 15 heavy (non-hydrogen) atoms. The summed E-state index contributed by atoms with van der Waals surface area (Å²) in [4.78, 5) is 1.81. The van der Waals surface area contributed by atoms with E-state index < -0.39 is 0 Å². The minimum Gasteiger partial charge on any atom is -0.780 e. The third-order valence-electron chi connectivity index (χ3n) is 1.49. The Morgan fingerprint density at radius 3 is 0.933 bits per heavy atom. The van der Waals surface area contributed by atoms with Gasteiger partial charge in [-0.05, 0) is 0 Å². The van der Waals surface area contributed by atoms with Crippen molar-refractivity contribution in [1.82, 2.24) is 0 Å². The first-order valence-electron chi connectivity index (χ1n) is 4.23. The summed E-state index contributed by atoms with van der Waals surface area (Å²) in [5, 5.41) is 0. The van der Waals surface area contributed by atoms with Gasteiger partial charge < -0.3 is 25.3 Å². The van der Waals surface area contributed by atoms with E-state index in [1.54, 1.807) is 0 Å². The smallest absolute Gasteiger partial charge is 0.780 e. The molecule has 78 valence electrons. The van der Waals surface area contributed by atoms with Crippen LogP contribution in [0, 0.1) is 0 Å². The molecule has 0 radical (unpaired) electrons. The van der Waals surface area contributed by atoms with Crippen molar-refractivity contribution in [1.29, 1.82) is 0 Å². The fraction of sp³-hybridized carbons (Fsp3) is 0. The van der Waals surface area contributed by atoms with E-state index >= 15 is 0 Å². The Bertz CT molecular complexity index is 311. The first-order chi connectivity index (χ1) is 6.79. The van der Waals surface area contributed by atoms with Gasteiger partial charge in [0.05, 0.1) is 0 Å². The molecule has 3 heteroatoms. The average molecular weight is 274 g/mol. The molecule has 0 aliphatic rings. The molecule has 0 aromatic heterocycles. The zero-order valence-corrected chi connectivity index (χ0v) is 10.7. The van der Waals surface area contributed by atoms with Crippen LogP contribution in [0.15, 0.2) is 70.5 Å². The summed E-state index contributed by atoms with van der Waals surface area (Å²) in [7, 11) is 0. The SMILES string of the molecule is [Fe+2].[S-]c1ccccc1.[S-]c1ccccc1. The second-order valence-corrected chi connectivity index (χ2v) is 3.57. The summed E-state index contributed by atoms with van der Waals surface area (Å²) < 4.78 is 0. The van der Waals surface area contributed by atoms with Crippen LogP contribution in [-0.4, -0.2) is 0 Å². The number of hydrogen-bond acceptors (Lipinski definition) is 2. The molecular formula is C12H10FeS2. The third kappa shape index (κ3) is 7.34. The second-order valence-electron chi connectivity index (χ2n) is 2.63. The predicted octanol–water partition coefficient (Wildman–Crippen LogP) is 3.18. The van der Waals surface area contributed by atoms with Crippen LogP contribution in [-0.2, 0) is 42.3 Å². The summed E-state index contributed by atoms with van der Waals surface area (Å²) in [6.45, 7) is 0. The van der Waals surface area contributed by atoms with E-state index in [-0.39, 0.29) is 17.1 Å². The molecule has 2 rings (SSSR count). The van der Waals surface area contributed by atoms with Crippen LogP contribution in [0.3, 0.4) is 0 Å². The topological polar surface area (TPSA) is 0 Å². The van der Waals surface area contributed by atoms with Crippen LogP contribution in [0.1, 0.15) is 0 Å². The molecule has 0 N–H and O–H groups in total. The van der Waals surface area contributed by atoms with Crippen molar-refractivity contribution >= 4 is 25.3 Å². The largest absolute Gasteiger partial charge is 2.00 e. The fourth-order valence-electron chi connectivity index (χ4n) is 0.841. The zero-order chi connectivity index (χ0) is 10.2. The monoisotopic (exact) mass is 274 g/mol. The summed E-state index contributed by atoms with van der Waals surface area (Å²) in [6.07, 6.45) is 0. The molecule has 0 heterocycles. The molecule has 0 fully saturated rings. The molecule has 0 bridgehead atoms. The minimum atomic E-state index is 0. The number of benzene rings is 2. The van der Waals surface area contributed by atoms with Crippen LogP contribution in [0.25, 0.3) is 0 Å². The van der Waals surface area contributed by atoms with Crippen molar-refractivity contribution in [2.45, 2.75) is 9.79 Å². The molecule has 0 amide bonds. The van der Waals surface area contributed by atoms with Crippen molar-refractivity contribution in [3.8, 4) is 0 Å². The van der Waals surface area contributed by atoms with E-state index in [4.69, 9.17) is 25.3 Å². The molecular weight excluding hydrogens is 264 g/mol. The van der Waals surface area contributed by atoms with Crippen LogP contribution >= 0.6 is 0 Å². The van der Waals surface area contributed by atoms with E-state index in [1.807, 2.05) is 60.7 Å². The Morgan fingerprint density at radius 2 is 0.800 bits per heavy atom.